The number of carbonyl (C=O) groups excluding carboxylic acids is 2. The monoisotopic (exact) mass is 352 g/mol. The van der Waals surface area contributed by atoms with E-state index in [0.29, 0.717) is 24.7 Å². The van der Waals surface area contributed by atoms with Gasteiger partial charge in [0, 0.05) is 24.3 Å². The number of hydrogen-bond donors (Lipinski definition) is 2. The van der Waals surface area contributed by atoms with Gasteiger partial charge in [0.2, 0.25) is 11.8 Å². The maximum absolute atomic E-state index is 11.7. The molecular formula is C19H36N4O2. The van der Waals surface area contributed by atoms with Crippen molar-refractivity contribution in [2.24, 2.45) is 22.0 Å². The quantitative estimate of drug-likeness (QED) is 0.316. The summed E-state index contributed by atoms with van der Waals surface area (Å²) in [6.07, 6.45) is 4.99. The van der Waals surface area contributed by atoms with E-state index >= 15 is 0 Å². The second-order valence-electron chi connectivity index (χ2n) is 7.52. The number of nitrogens with zero attached hydrogens (tertiary/aromatic N) is 2. The van der Waals surface area contributed by atoms with Crippen LogP contribution >= 0.6 is 0 Å². The lowest BCUT2D eigenvalue weighted by Gasteiger charge is -2.05. The van der Waals surface area contributed by atoms with E-state index in [0.717, 1.165) is 43.5 Å². The van der Waals surface area contributed by atoms with Gasteiger partial charge in [0.05, 0.1) is 0 Å². The summed E-state index contributed by atoms with van der Waals surface area (Å²) in [7, 11) is 0. The Balaban J connectivity index is 3.78. The van der Waals surface area contributed by atoms with Crippen molar-refractivity contribution in [1.82, 2.24) is 10.9 Å². The minimum Gasteiger partial charge on any atom is -0.273 e. The van der Waals surface area contributed by atoms with Gasteiger partial charge >= 0.3 is 0 Å². The first-order valence-corrected chi connectivity index (χ1v) is 9.34. The number of nitrogens with one attached hydrogen (secondary N) is 2. The molecule has 0 saturated heterocycles. The van der Waals surface area contributed by atoms with E-state index in [1.54, 1.807) is 0 Å². The first-order valence-electron chi connectivity index (χ1n) is 9.34. The van der Waals surface area contributed by atoms with Crippen LogP contribution in [0, 0.1) is 11.8 Å². The maximum atomic E-state index is 11.7. The molecule has 2 amide bonds. The molecular weight excluding hydrogens is 316 g/mol. The Hall–Kier alpha value is -1.72. The minimum absolute atomic E-state index is 0.0681. The van der Waals surface area contributed by atoms with Gasteiger partial charge in [-0.1, -0.05) is 34.1 Å². The lowest BCUT2D eigenvalue weighted by molar-refractivity contribution is -0.121. The fraction of sp³-hybridized carbons (Fsp3) is 0.789. The number of amides is 2. The van der Waals surface area contributed by atoms with Crippen LogP contribution in [0.3, 0.4) is 0 Å². The van der Waals surface area contributed by atoms with Gasteiger partial charge in [-0.05, 0) is 51.4 Å². The molecule has 0 unspecified atom stereocenters. The summed E-state index contributed by atoms with van der Waals surface area (Å²) >= 11 is 0. The highest BCUT2D eigenvalue weighted by Gasteiger charge is 2.04. The Bertz CT molecular complexity index is 426. The summed E-state index contributed by atoms with van der Waals surface area (Å²) < 4.78 is 0. The van der Waals surface area contributed by atoms with Crippen LogP contribution in [0.4, 0.5) is 0 Å². The van der Waals surface area contributed by atoms with E-state index in [1.807, 2.05) is 13.8 Å². The predicted octanol–water partition coefficient (Wildman–Crippen LogP) is 4.01. The third-order valence-corrected chi connectivity index (χ3v) is 3.46. The fourth-order valence-corrected chi connectivity index (χ4v) is 2.45. The number of rotatable bonds is 12. The Morgan fingerprint density at radius 2 is 1.08 bits per heavy atom. The molecule has 0 aliphatic rings. The van der Waals surface area contributed by atoms with Crippen LogP contribution in [0.25, 0.3) is 0 Å². The molecule has 0 rings (SSSR count). The smallest absolute Gasteiger partial charge is 0.240 e. The molecule has 0 aromatic heterocycles. The predicted molar refractivity (Wildman–Crippen MR) is 104 cm³/mol. The van der Waals surface area contributed by atoms with E-state index in [2.05, 4.69) is 48.7 Å². The van der Waals surface area contributed by atoms with Crippen molar-refractivity contribution in [1.29, 1.82) is 0 Å². The zero-order chi connectivity index (χ0) is 19.2. The van der Waals surface area contributed by atoms with Crippen LogP contribution in [0.5, 0.6) is 0 Å². The molecule has 25 heavy (non-hydrogen) atoms. The molecule has 144 valence electrons. The molecule has 0 fully saturated rings. The number of carbonyl (C=O) groups is 2. The third-order valence-electron chi connectivity index (χ3n) is 3.46. The van der Waals surface area contributed by atoms with Gasteiger partial charge in [-0.2, -0.15) is 10.2 Å². The first kappa shape index (κ1) is 23.3. The highest BCUT2D eigenvalue weighted by molar-refractivity contribution is 5.85. The number of hydrogen-bond acceptors (Lipinski definition) is 4. The molecule has 0 aliphatic carbocycles. The van der Waals surface area contributed by atoms with Crippen molar-refractivity contribution in [3.63, 3.8) is 0 Å². The van der Waals surface area contributed by atoms with Crippen LogP contribution in [-0.4, -0.2) is 23.2 Å². The van der Waals surface area contributed by atoms with Crippen molar-refractivity contribution in [3.8, 4) is 0 Å². The van der Waals surface area contributed by atoms with E-state index in [-0.39, 0.29) is 11.8 Å². The Labute approximate surface area is 152 Å². The lowest BCUT2D eigenvalue weighted by Crippen LogP contribution is -2.20. The van der Waals surface area contributed by atoms with Gasteiger partial charge in [0.1, 0.15) is 0 Å². The van der Waals surface area contributed by atoms with Gasteiger partial charge in [0.15, 0.2) is 0 Å². The molecule has 6 heteroatoms. The van der Waals surface area contributed by atoms with Crippen molar-refractivity contribution in [2.45, 2.75) is 86.5 Å². The Morgan fingerprint density at radius 1 is 0.720 bits per heavy atom. The van der Waals surface area contributed by atoms with Crippen molar-refractivity contribution in [2.75, 3.05) is 0 Å². The highest BCUT2D eigenvalue weighted by Crippen LogP contribution is 2.04. The standard InChI is InChI=1S/C19H36N4O2/c1-14(2)12-16(5)20-22-18(24)10-8-7-9-11-19(25)23-21-17(6)13-15(3)4/h14-15H,7-13H2,1-6H3,(H,22,24)(H,23,25)/b20-16+,21-17+. The topological polar surface area (TPSA) is 82.9 Å². The van der Waals surface area contributed by atoms with Gasteiger partial charge in [0.25, 0.3) is 0 Å². The molecule has 6 nitrogen and oxygen atoms in total. The number of hydrazone groups is 2. The third kappa shape index (κ3) is 15.5. The van der Waals surface area contributed by atoms with E-state index in [4.69, 9.17) is 0 Å². The molecule has 0 aromatic rings. The summed E-state index contributed by atoms with van der Waals surface area (Å²) in [6, 6.07) is 0. The second kappa shape index (κ2) is 13.6. The maximum Gasteiger partial charge on any atom is 0.240 e. The average molecular weight is 353 g/mol. The normalized spacial score (nSPS) is 12.6. The Kier molecular flexibility index (Phi) is 12.6. The fourth-order valence-electron chi connectivity index (χ4n) is 2.45. The molecule has 0 heterocycles. The Morgan fingerprint density at radius 3 is 1.40 bits per heavy atom. The summed E-state index contributed by atoms with van der Waals surface area (Å²) in [4.78, 5) is 23.4. The molecule has 0 atom stereocenters. The second-order valence-corrected chi connectivity index (χ2v) is 7.52. The van der Waals surface area contributed by atoms with Gasteiger partial charge in [-0.25, -0.2) is 10.9 Å². The zero-order valence-corrected chi connectivity index (χ0v) is 16.8. The highest BCUT2D eigenvalue weighted by atomic mass is 16.2. The molecule has 0 aliphatic heterocycles. The molecule has 0 saturated carbocycles. The van der Waals surface area contributed by atoms with E-state index in [9.17, 15) is 9.59 Å². The SMILES string of the molecule is C/C(CC(C)C)=N\NC(=O)CCCCCC(=O)N/N=C(\C)CC(C)C. The van der Waals surface area contributed by atoms with Crippen molar-refractivity contribution in [3.05, 3.63) is 0 Å². The zero-order valence-electron chi connectivity index (χ0n) is 16.8. The van der Waals surface area contributed by atoms with Crippen LogP contribution < -0.4 is 10.9 Å². The molecule has 2 N–H and O–H groups in total. The van der Waals surface area contributed by atoms with E-state index < -0.39 is 0 Å². The van der Waals surface area contributed by atoms with Gasteiger partial charge in [-0.15, -0.1) is 0 Å². The molecule has 0 spiro atoms. The number of unbranched alkanes of at least 4 members (excludes halogenated alkanes) is 2. The van der Waals surface area contributed by atoms with Crippen molar-refractivity contribution < 1.29 is 9.59 Å². The molecule has 0 aromatic carbocycles. The van der Waals surface area contributed by atoms with Gasteiger partial charge < -0.3 is 0 Å². The molecule has 0 radical (unpaired) electrons. The van der Waals surface area contributed by atoms with Crippen LogP contribution in [-0.2, 0) is 9.59 Å². The lowest BCUT2D eigenvalue weighted by atomic mass is 10.1. The summed E-state index contributed by atoms with van der Waals surface area (Å²) in [5, 5.41) is 8.18. The minimum atomic E-state index is -0.0681. The van der Waals surface area contributed by atoms with Crippen LogP contribution in [0.1, 0.15) is 86.5 Å². The van der Waals surface area contributed by atoms with Crippen LogP contribution in [0.2, 0.25) is 0 Å². The summed E-state index contributed by atoms with van der Waals surface area (Å²) in [5.74, 6) is 0.929. The van der Waals surface area contributed by atoms with Crippen LogP contribution in [0.15, 0.2) is 10.2 Å². The first-order chi connectivity index (χ1) is 11.7. The van der Waals surface area contributed by atoms with E-state index in [1.165, 1.54) is 0 Å². The average Bonchev–Trinajstić information content (AvgIpc) is 2.49. The summed E-state index contributed by atoms with van der Waals surface area (Å²) in [6.45, 7) is 12.3. The molecule has 0 bridgehead atoms. The van der Waals surface area contributed by atoms with Gasteiger partial charge in [-0.3, -0.25) is 9.59 Å². The van der Waals surface area contributed by atoms with Crippen molar-refractivity contribution >= 4 is 23.2 Å². The summed E-state index contributed by atoms with van der Waals surface area (Å²) in [5.41, 5.74) is 7.05. The largest absolute Gasteiger partial charge is 0.273 e.